The third-order valence-electron chi connectivity index (χ3n) is 2.15. The molecular formula is C10H13N3O5S. The van der Waals surface area contributed by atoms with Crippen molar-refractivity contribution < 1.29 is 18.1 Å². The number of hydrogen-bond donors (Lipinski definition) is 2. The highest BCUT2D eigenvalue weighted by atomic mass is 32.2. The molecule has 0 spiro atoms. The number of non-ortho nitro benzene ring substituents is 1. The van der Waals surface area contributed by atoms with Gasteiger partial charge >= 0.3 is 0 Å². The van der Waals surface area contributed by atoms with Crippen LogP contribution in [0, 0.1) is 10.1 Å². The molecule has 0 heterocycles. The van der Waals surface area contributed by atoms with Crippen LogP contribution in [0.25, 0.3) is 0 Å². The molecule has 0 unspecified atom stereocenters. The first kappa shape index (κ1) is 15.1. The van der Waals surface area contributed by atoms with Crippen molar-refractivity contribution in [3.8, 4) is 0 Å². The summed E-state index contributed by atoms with van der Waals surface area (Å²) in [5.41, 5.74) is -0.183. The van der Waals surface area contributed by atoms with Crippen molar-refractivity contribution in [1.82, 2.24) is 10.0 Å². The Balaban J connectivity index is 2.66. The van der Waals surface area contributed by atoms with Crippen molar-refractivity contribution in [2.75, 3.05) is 13.1 Å². The van der Waals surface area contributed by atoms with E-state index in [1.807, 2.05) is 0 Å². The van der Waals surface area contributed by atoms with Crippen LogP contribution in [-0.2, 0) is 14.8 Å². The first-order valence-corrected chi connectivity index (χ1v) is 6.80. The molecule has 104 valence electrons. The number of nitrogens with one attached hydrogen (secondary N) is 2. The Morgan fingerprint density at radius 2 is 1.84 bits per heavy atom. The Morgan fingerprint density at radius 1 is 1.26 bits per heavy atom. The van der Waals surface area contributed by atoms with Gasteiger partial charge in [-0.05, 0) is 12.1 Å². The zero-order valence-electron chi connectivity index (χ0n) is 10.1. The van der Waals surface area contributed by atoms with Crippen molar-refractivity contribution in [3.05, 3.63) is 34.4 Å². The standard InChI is InChI=1S/C10H13N3O5S/c1-8(14)11-6-7-12-19(17,18)10-4-2-9(3-5-10)13(15)16/h2-5,12H,6-7H2,1H3,(H,11,14). The van der Waals surface area contributed by atoms with Gasteiger partial charge in [-0.2, -0.15) is 0 Å². The molecule has 1 rings (SSSR count). The minimum atomic E-state index is -3.72. The SMILES string of the molecule is CC(=O)NCCNS(=O)(=O)c1ccc([N+](=O)[O-])cc1. The van der Waals surface area contributed by atoms with E-state index in [1.54, 1.807) is 0 Å². The second-order valence-corrected chi connectivity index (χ2v) is 5.40. The van der Waals surface area contributed by atoms with Crippen LogP contribution in [-0.4, -0.2) is 32.3 Å². The summed E-state index contributed by atoms with van der Waals surface area (Å²) in [6, 6.07) is 4.53. The van der Waals surface area contributed by atoms with Crippen molar-refractivity contribution in [1.29, 1.82) is 0 Å². The number of amides is 1. The second kappa shape index (κ2) is 6.25. The van der Waals surface area contributed by atoms with Gasteiger partial charge in [0.15, 0.2) is 0 Å². The van der Waals surface area contributed by atoms with Gasteiger partial charge in [0, 0.05) is 32.1 Å². The van der Waals surface area contributed by atoms with Crippen LogP contribution in [0.1, 0.15) is 6.92 Å². The van der Waals surface area contributed by atoms with Crippen LogP contribution in [0.2, 0.25) is 0 Å². The molecule has 9 heteroatoms. The predicted octanol–water partition coefficient (Wildman–Crippen LogP) is 0.00920. The molecule has 2 N–H and O–H groups in total. The Bertz CT molecular complexity index is 567. The van der Waals surface area contributed by atoms with E-state index in [2.05, 4.69) is 10.0 Å². The molecular weight excluding hydrogens is 274 g/mol. The van der Waals surface area contributed by atoms with Crippen LogP contribution < -0.4 is 10.0 Å². The second-order valence-electron chi connectivity index (χ2n) is 3.63. The van der Waals surface area contributed by atoms with Crippen LogP contribution in [0.3, 0.4) is 0 Å². The van der Waals surface area contributed by atoms with Crippen LogP contribution in [0.4, 0.5) is 5.69 Å². The number of benzene rings is 1. The van der Waals surface area contributed by atoms with Gasteiger partial charge in [-0.15, -0.1) is 0 Å². The summed E-state index contributed by atoms with van der Waals surface area (Å²) in [6.45, 7) is 1.53. The Labute approximate surface area is 110 Å². The van der Waals surface area contributed by atoms with Crippen molar-refractivity contribution in [3.63, 3.8) is 0 Å². The summed E-state index contributed by atoms with van der Waals surface area (Å²) in [7, 11) is -3.72. The first-order valence-electron chi connectivity index (χ1n) is 5.31. The van der Waals surface area contributed by atoms with Gasteiger partial charge in [-0.3, -0.25) is 14.9 Å². The lowest BCUT2D eigenvalue weighted by molar-refractivity contribution is -0.384. The Kier molecular flexibility index (Phi) is 4.95. The number of hydrogen-bond acceptors (Lipinski definition) is 5. The Hall–Kier alpha value is -2.00. The average Bonchev–Trinajstić information content (AvgIpc) is 2.34. The largest absolute Gasteiger partial charge is 0.355 e. The smallest absolute Gasteiger partial charge is 0.269 e. The molecule has 0 aromatic heterocycles. The maximum atomic E-state index is 11.8. The number of carbonyl (C=O) groups excluding carboxylic acids is 1. The maximum Gasteiger partial charge on any atom is 0.269 e. The summed E-state index contributed by atoms with van der Waals surface area (Å²) in [5.74, 6) is -0.255. The highest BCUT2D eigenvalue weighted by molar-refractivity contribution is 7.89. The summed E-state index contributed by atoms with van der Waals surface area (Å²) < 4.78 is 25.8. The van der Waals surface area contributed by atoms with Gasteiger partial charge in [0.05, 0.1) is 9.82 Å². The molecule has 0 saturated heterocycles. The highest BCUT2D eigenvalue weighted by Crippen LogP contribution is 2.15. The van der Waals surface area contributed by atoms with Crippen molar-refractivity contribution in [2.24, 2.45) is 0 Å². The molecule has 1 aromatic carbocycles. The third-order valence-corrected chi connectivity index (χ3v) is 3.63. The predicted molar refractivity (Wildman–Crippen MR) is 67.0 cm³/mol. The van der Waals surface area contributed by atoms with Gasteiger partial charge in [0.1, 0.15) is 0 Å². The van der Waals surface area contributed by atoms with Crippen molar-refractivity contribution in [2.45, 2.75) is 11.8 Å². The van der Waals surface area contributed by atoms with E-state index in [0.29, 0.717) is 0 Å². The molecule has 0 radical (unpaired) electrons. The summed E-state index contributed by atoms with van der Waals surface area (Å²) >= 11 is 0. The van der Waals surface area contributed by atoms with Crippen LogP contribution in [0.5, 0.6) is 0 Å². The fourth-order valence-electron chi connectivity index (χ4n) is 1.25. The summed E-state index contributed by atoms with van der Waals surface area (Å²) in [5, 5.41) is 12.9. The number of nitro groups is 1. The molecule has 0 saturated carbocycles. The lowest BCUT2D eigenvalue weighted by atomic mass is 10.3. The summed E-state index contributed by atoms with van der Waals surface area (Å²) in [4.78, 5) is 20.3. The normalized spacial score (nSPS) is 11.0. The number of sulfonamides is 1. The van der Waals surface area contributed by atoms with E-state index in [9.17, 15) is 23.3 Å². The number of nitro benzene ring substituents is 1. The van der Waals surface area contributed by atoms with E-state index in [4.69, 9.17) is 0 Å². The zero-order chi connectivity index (χ0) is 14.5. The van der Waals surface area contributed by atoms with Gasteiger partial charge < -0.3 is 5.32 Å². The zero-order valence-corrected chi connectivity index (χ0v) is 10.9. The molecule has 0 fully saturated rings. The third kappa shape index (κ3) is 4.64. The van der Waals surface area contributed by atoms with Crippen LogP contribution >= 0.6 is 0 Å². The monoisotopic (exact) mass is 287 g/mol. The fraction of sp³-hybridized carbons (Fsp3) is 0.300. The van der Waals surface area contributed by atoms with E-state index in [-0.39, 0.29) is 29.6 Å². The van der Waals surface area contributed by atoms with E-state index in [0.717, 1.165) is 24.3 Å². The molecule has 0 aliphatic carbocycles. The van der Waals surface area contributed by atoms with E-state index < -0.39 is 14.9 Å². The Morgan fingerprint density at radius 3 is 2.32 bits per heavy atom. The van der Waals surface area contributed by atoms with E-state index >= 15 is 0 Å². The topological polar surface area (TPSA) is 118 Å². The fourth-order valence-corrected chi connectivity index (χ4v) is 2.29. The minimum Gasteiger partial charge on any atom is -0.355 e. The molecule has 1 amide bonds. The molecule has 1 aromatic rings. The van der Waals surface area contributed by atoms with Gasteiger partial charge in [-0.1, -0.05) is 0 Å². The molecule has 0 bridgehead atoms. The number of nitrogens with zero attached hydrogens (tertiary/aromatic N) is 1. The molecule has 19 heavy (non-hydrogen) atoms. The lowest BCUT2D eigenvalue weighted by Crippen LogP contribution is -2.33. The number of rotatable bonds is 6. The minimum absolute atomic E-state index is 0.0406. The average molecular weight is 287 g/mol. The molecule has 0 atom stereocenters. The van der Waals surface area contributed by atoms with Gasteiger partial charge in [-0.25, -0.2) is 13.1 Å². The van der Waals surface area contributed by atoms with Gasteiger partial charge in [0.2, 0.25) is 15.9 Å². The molecule has 0 aliphatic rings. The highest BCUT2D eigenvalue weighted by Gasteiger charge is 2.15. The maximum absolute atomic E-state index is 11.8. The molecule has 0 aliphatic heterocycles. The van der Waals surface area contributed by atoms with Crippen LogP contribution in [0.15, 0.2) is 29.2 Å². The summed E-state index contributed by atoms with van der Waals surface area (Å²) in [6.07, 6.45) is 0. The van der Waals surface area contributed by atoms with Crippen molar-refractivity contribution >= 4 is 21.6 Å². The number of carbonyl (C=O) groups is 1. The lowest BCUT2D eigenvalue weighted by Gasteiger charge is -2.06. The quantitative estimate of drug-likeness (QED) is 0.434. The van der Waals surface area contributed by atoms with E-state index in [1.165, 1.54) is 6.92 Å². The first-order chi connectivity index (χ1) is 8.83. The molecule has 8 nitrogen and oxygen atoms in total. The van der Waals surface area contributed by atoms with Gasteiger partial charge in [0.25, 0.3) is 5.69 Å².